The molecule has 0 aromatic heterocycles. The molecule has 0 aliphatic carbocycles. The number of ketones is 1. The van der Waals surface area contributed by atoms with E-state index in [1.54, 1.807) is 12.1 Å². The maximum atomic E-state index is 13.4. The first-order valence-electron chi connectivity index (χ1n) is 6.98. The van der Waals surface area contributed by atoms with E-state index in [-0.39, 0.29) is 17.2 Å². The predicted molar refractivity (Wildman–Crippen MR) is 82.7 cm³/mol. The first-order chi connectivity index (χ1) is 10.1. The topological polar surface area (TPSA) is 29.1 Å². The molecular weight excluding hydrogens is 289 g/mol. The highest BCUT2D eigenvalue weighted by molar-refractivity contribution is 6.31. The highest BCUT2D eigenvalue weighted by Crippen LogP contribution is 2.25. The minimum atomic E-state index is -0.489. The second-order valence-corrected chi connectivity index (χ2v) is 5.59. The zero-order valence-corrected chi connectivity index (χ0v) is 12.2. The van der Waals surface area contributed by atoms with Crippen LogP contribution >= 0.6 is 11.6 Å². The first kappa shape index (κ1) is 14.1. The van der Waals surface area contributed by atoms with Gasteiger partial charge in [0.05, 0.1) is 5.02 Å². The summed E-state index contributed by atoms with van der Waals surface area (Å²) in [5.74, 6) is -0.535. The van der Waals surface area contributed by atoms with Crippen LogP contribution in [-0.2, 0) is 12.8 Å². The van der Waals surface area contributed by atoms with Crippen LogP contribution in [0.25, 0.3) is 0 Å². The van der Waals surface area contributed by atoms with Gasteiger partial charge >= 0.3 is 0 Å². The molecule has 4 heteroatoms. The number of anilines is 1. The van der Waals surface area contributed by atoms with Gasteiger partial charge in [-0.1, -0.05) is 23.7 Å². The van der Waals surface area contributed by atoms with Gasteiger partial charge in [0.25, 0.3) is 0 Å². The predicted octanol–water partition coefficient (Wildman–Crippen LogP) is 4.26. The van der Waals surface area contributed by atoms with Crippen LogP contribution in [0.15, 0.2) is 36.4 Å². The summed E-state index contributed by atoms with van der Waals surface area (Å²) >= 11 is 5.90. The number of hydrogen-bond donors (Lipinski definition) is 1. The number of hydrogen-bond acceptors (Lipinski definition) is 2. The molecule has 1 heterocycles. The molecule has 2 aromatic rings. The van der Waals surface area contributed by atoms with Crippen LogP contribution in [0.2, 0.25) is 5.02 Å². The van der Waals surface area contributed by atoms with E-state index in [0.29, 0.717) is 11.1 Å². The molecule has 1 aliphatic rings. The molecule has 0 bridgehead atoms. The Labute approximate surface area is 127 Å². The lowest BCUT2D eigenvalue weighted by atomic mass is 9.97. The molecule has 1 aliphatic heterocycles. The molecule has 1 N–H and O–H groups in total. The van der Waals surface area contributed by atoms with Crippen molar-refractivity contribution in [2.24, 2.45) is 0 Å². The second-order valence-electron chi connectivity index (χ2n) is 5.22. The Morgan fingerprint density at radius 2 is 2.14 bits per heavy atom. The van der Waals surface area contributed by atoms with Crippen LogP contribution in [0.4, 0.5) is 10.1 Å². The zero-order valence-electron chi connectivity index (χ0n) is 11.5. The third-order valence-electron chi connectivity index (χ3n) is 3.75. The molecule has 3 rings (SSSR count). The van der Waals surface area contributed by atoms with Crippen molar-refractivity contribution in [1.82, 2.24) is 0 Å². The molecule has 2 aromatic carbocycles. The number of carbonyl (C=O) groups excluding carboxylic acids is 1. The van der Waals surface area contributed by atoms with Crippen LogP contribution < -0.4 is 5.32 Å². The first-order valence-corrected chi connectivity index (χ1v) is 7.36. The molecule has 2 nitrogen and oxygen atoms in total. The normalized spacial score (nSPS) is 13.4. The maximum Gasteiger partial charge on any atom is 0.167 e. The van der Waals surface area contributed by atoms with Crippen molar-refractivity contribution in [1.29, 1.82) is 0 Å². The standard InChI is InChI=1S/C17H15ClFNO/c18-17-13(3-1-5-14(17)19)10-16(21)12-6-7-15-11(9-12)4-2-8-20-15/h1,3,5-7,9,20H,2,4,8,10H2. The number of rotatable bonds is 3. The van der Waals surface area contributed by atoms with Gasteiger partial charge in [0.1, 0.15) is 5.82 Å². The SMILES string of the molecule is O=C(Cc1cccc(F)c1Cl)c1ccc2c(c1)CCCN2. The molecule has 108 valence electrons. The van der Waals surface area contributed by atoms with E-state index in [4.69, 9.17) is 11.6 Å². The summed E-state index contributed by atoms with van der Waals surface area (Å²) < 4.78 is 13.4. The van der Waals surface area contributed by atoms with Gasteiger partial charge < -0.3 is 5.32 Å². The Bertz CT molecular complexity index is 699. The van der Waals surface area contributed by atoms with Crippen LogP contribution in [-0.4, -0.2) is 12.3 Å². The quantitative estimate of drug-likeness (QED) is 0.858. The Hall–Kier alpha value is -1.87. The summed E-state index contributed by atoms with van der Waals surface area (Å²) in [7, 11) is 0. The Morgan fingerprint density at radius 3 is 3.00 bits per heavy atom. The minimum Gasteiger partial charge on any atom is -0.385 e. The highest BCUT2D eigenvalue weighted by atomic mass is 35.5. The minimum absolute atomic E-state index is 0.0328. The van der Waals surface area contributed by atoms with E-state index in [1.165, 1.54) is 6.07 Å². The van der Waals surface area contributed by atoms with E-state index in [9.17, 15) is 9.18 Å². The van der Waals surface area contributed by atoms with Gasteiger partial charge in [0.2, 0.25) is 0 Å². The molecule has 21 heavy (non-hydrogen) atoms. The molecule has 0 fully saturated rings. The van der Waals surface area contributed by atoms with Crippen LogP contribution in [0.3, 0.4) is 0 Å². The number of fused-ring (bicyclic) bond motifs is 1. The molecule has 0 radical (unpaired) electrons. The fraction of sp³-hybridized carbons (Fsp3) is 0.235. The van der Waals surface area contributed by atoms with Gasteiger partial charge in [-0.3, -0.25) is 4.79 Å². The smallest absolute Gasteiger partial charge is 0.167 e. The second kappa shape index (κ2) is 5.86. The van der Waals surface area contributed by atoms with Crippen molar-refractivity contribution in [3.8, 4) is 0 Å². The summed E-state index contributed by atoms with van der Waals surface area (Å²) in [4.78, 5) is 12.4. The maximum absolute atomic E-state index is 13.4. The van der Waals surface area contributed by atoms with E-state index in [2.05, 4.69) is 5.32 Å². The Morgan fingerprint density at radius 1 is 1.29 bits per heavy atom. The molecule has 0 saturated heterocycles. The number of nitrogens with one attached hydrogen (secondary N) is 1. The van der Waals surface area contributed by atoms with E-state index >= 15 is 0 Å². The number of halogens is 2. The van der Waals surface area contributed by atoms with Crippen LogP contribution in [0.5, 0.6) is 0 Å². The van der Waals surface area contributed by atoms with E-state index in [1.807, 2.05) is 18.2 Å². The lowest BCUT2D eigenvalue weighted by Crippen LogP contribution is -2.13. The summed E-state index contributed by atoms with van der Waals surface area (Å²) in [6.45, 7) is 0.971. The van der Waals surface area contributed by atoms with Crippen molar-refractivity contribution in [2.75, 3.05) is 11.9 Å². The van der Waals surface area contributed by atoms with Gasteiger partial charge in [-0.25, -0.2) is 4.39 Å². The summed E-state index contributed by atoms with van der Waals surface area (Å²) in [5, 5.41) is 3.35. The number of aryl methyl sites for hydroxylation is 1. The lowest BCUT2D eigenvalue weighted by molar-refractivity contribution is 0.0993. The third kappa shape index (κ3) is 2.93. The average Bonchev–Trinajstić information content (AvgIpc) is 2.51. The molecule has 0 saturated carbocycles. The molecule has 0 unspecified atom stereocenters. The van der Waals surface area contributed by atoms with E-state index in [0.717, 1.165) is 30.6 Å². The third-order valence-corrected chi connectivity index (χ3v) is 4.17. The van der Waals surface area contributed by atoms with Crippen molar-refractivity contribution < 1.29 is 9.18 Å². The monoisotopic (exact) mass is 303 g/mol. The zero-order chi connectivity index (χ0) is 14.8. The summed E-state index contributed by atoms with van der Waals surface area (Å²) in [6.07, 6.45) is 2.16. The van der Waals surface area contributed by atoms with Crippen LogP contribution in [0.1, 0.15) is 27.9 Å². The number of benzene rings is 2. The highest BCUT2D eigenvalue weighted by Gasteiger charge is 2.15. The molecule has 0 spiro atoms. The number of Topliss-reactive ketones (excluding diaryl/α,β-unsaturated/α-hetero) is 1. The van der Waals surface area contributed by atoms with Crippen molar-refractivity contribution in [3.05, 3.63) is 63.9 Å². The van der Waals surface area contributed by atoms with Gasteiger partial charge in [-0.05, 0) is 48.2 Å². The summed E-state index contributed by atoms with van der Waals surface area (Å²) in [6, 6.07) is 10.2. The van der Waals surface area contributed by atoms with Gasteiger partial charge in [-0.2, -0.15) is 0 Å². The molecule has 0 atom stereocenters. The van der Waals surface area contributed by atoms with Crippen molar-refractivity contribution >= 4 is 23.1 Å². The molecular formula is C17H15ClFNO. The average molecular weight is 304 g/mol. The largest absolute Gasteiger partial charge is 0.385 e. The summed E-state index contributed by atoms with van der Waals surface area (Å²) in [5.41, 5.74) is 3.44. The van der Waals surface area contributed by atoms with Crippen molar-refractivity contribution in [2.45, 2.75) is 19.3 Å². The van der Waals surface area contributed by atoms with Gasteiger partial charge in [-0.15, -0.1) is 0 Å². The fourth-order valence-electron chi connectivity index (χ4n) is 2.61. The Kier molecular flexibility index (Phi) is 3.93. The van der Waals surface area contributed by atoms with Crippen molar-refractivity contribution in [3.63, 3.8) is 0 Å². The van der Waals surface area contributed by atoms with Gasteiger partial charge in [0, 0.05) is 24.2 Å². The van der Waals surface area contributed by atoms with Gasteiger partial charge in [0.15, 0.2) is 5.78 Å². The number of carbonyl (C=O) groups is 1. The molecule has 0 amide bonds. The van der Waals surface area contributed by atoms with Crippen LogP contribution in [0, 0.1) is 5.82 Å². The Balaban J connectivity index is 1.84. The van der Waals surface area contributed by atoms with E-state index < -0.39 is 5.82 Å². The lowest BCUT2D eigenvalue weighted by Gasteiger charge is -2.18. The fourth-order valence-corrected chi connectivity index (χ4v) is 2.80.